The maximum atomic E-state index is 5.41. The highest BCUT2D eigenvalue weighted by atomic mass is 32.1. The molecule has 2 N–H and O–H groups in total. The standard InChI is InChI=1S/C19H24N2S/c1-5-16-7-10-18(11-8-16)21-19(22)20-15(4)17-9-6-13(2)14(3)12-17/h6-12,15H,5H2,1-4H3,(H2,20,21,22)/t15-/m0/s1. The Bertz CT molecular complexity index is 647. The van der Waals surface area contributed by atoms with Gasteiger partial charge in [0.1, 0.15) is 0 Å². The van der Waals surface area contributed by atoms with Crippen LogP contribution < -0.4 is 10.6 Å². The van der Waals surface area contributed by atoms with E-state index in [2.05, 4.69) is 80.8 Å². The SMILES string of the molecule is CCc1ccc(NC(=S)N[C@@H](C)c2ccc(C)c(C)c2)cc1. The van der Waals surface area contributed by atoms with E-state index in [-0.39, 0.29) is 6.04 Å². The summed E-state index contributed by atoms with van der Waals surface area (Å²) < 4.78 is 0. The third-order valence-electron chi connectivity index (χ3n) is 4.00. The van der Waals surface area contributed by atoms with Crippen molar-refractivity contribution >= 4 is 23.0 Å². The summed E-state index contributed by atoms with van der Waals surface area (Å²) in [5, 5.41) is 7.23. The van der Waals surface area contributed by atoms with Crippen LogP contribution in [0.2, 0.25) is 0 Å². The van der Waals surface area contributed by atoms with Gasteiger partial charge in [0.25, 0.3) is 0 Å². The van der Waals surface area contributed by atoms with Crippen LogP contribution in [-0.4, -0.2) is 5.11 Å². The fourth-order valence-corrected chi connectivity index (χ4v) is 2.60. The first-order valence-corrected chi connectivity index (χ1v) is 8.14. The van der Waals surface area contributed by atoms with Crippen molar-refractivity contribution in [3.8, 4) is 0 Å². The largest absolute Gasteiger partial charge is 0.356 e. The average molecular weight is 312 g/mol. The molecule has 0 saturated heterocycles. The molecule has 0 aromatic heterocycles. The first kappa shape index (κ1) is 16.5. The Morgan fingerprint density at radius 2 is 1.73 bits per heavy atom. The molecule has 116 valence electrons. The summed E-state index contributed by atoms with van der Waals surface area (Å²) in [4.78, 5) is 0. The second-order valence-electron chi connectivity index (χ2n) is 5.71. The molecule has 0 unspecified atom stereocenters. The van der Waals surface area contributed by atoms with Gasteiger partial charge < -0.3 is 10.6 Å². The van der Waals surface area contributed by atoms with Gasteiger partial charge in [-0.3, -0.25) is 0 Å². The highest BCUT2D eigenvalue weighted by Crippen LogP contribution is 2.17. The van der Waals surface area contributed by atoms with Crippen LogP contribution in [0.15, 0.2) is 42.5 Å². The molecule has 2 nitrogen and oxygen atoms in total. The monoisotopic (exact) mass is 312 g/mol. The number of aryl methyl sites for hydroxylation is 3. The molecule has 1 atom stereocenters. The van der Waals surface area contributed by atoms with Gasteiger partial charge >= 0.3 is 0 Å². The van der Waals surface area contributed by atoms with E-state index in [1.807, 2.05) is 0 Å². The number of thiocarbonyl (C=S) groups is 1. The number of anilines is 1. The van der Waals surface area contributed by atoms with E-state index in [0.717, 1.165) is 12.1 Å². The predicted octanol–water partition coefficient (Wildman–Crippen LogP) is 4.91. The van der Waals surface area contributed by atoms with Crippen LogP contribution in [0.5, 0.6) is 0 Å². The molecule has 22 heavy (non-hydrogen) atoms. The molecule has 0 amide bonds. The Balaban J connectivity index is 1.96. The van der Waals surface area contributed by atoms with E-state index in [1.165, 1.54) is 22.3 Å². The lowest BCUT2D eigenvalue weighted by atomic mass is 10.0. The highest BCUT2D eigenvalue weighted by molar-refractivity contribution is 7.80. The van der Waals surface area contributed by atoms with Gasteiger partial charge in [-0.05, 0) is 73.8 Å². The van der Waals surface area contributed by atoms with Gasteiger partial charge in [0.05, 0.1) is 6.04 Å². The molecular weight excluding hydrogens is 288 g/mol. The molecule has 0 aliphatic rings. The molecule has 0 radical (unpaired) electrons. The molecule has 0 saturated carbocycles. The fraction of sp³-hybridized carbons (Fsp3) is 0.316. The molecule has 0 bridgehead atoms. The van der Waals surface area contributed by atoms with Gasteiger partial charge in [0, 0.05) is 5.69 Å². The molecule has 0 aliphatic carbocycles. The summed E-state index contributed by atoms with van der Waals surface area (Å²) in [7, 11) is 0. The summed E-state index contributed by atoms with van der Waals surface area (Å²) in [6, 6.07) is 15.1. The Hall–Kier alpha value is -1.87. The van der Waals surface area contributed by atoms with Crippen LogP contribution in [0.25, 0.3) is 0 Å². The molecule has 2 rings (SSSR count). The summed E-state index contributed by atoms with van der Waals surface area (Å²) in [6.45, 7) is 8.54. The van der Waals surface area contributed by atoms with Crippen molar-refractivity contribution in [3.63, 3.8) is 0 Å². The van der Waals surface area contributed by atoms with Crippen LogP contribution in [0, 0.1) is 13.8 Å². The van der Waals surface area contributed by atoms with Crippen LogP contribution in [0.1, 0.15) is 42.1 Å². The average Bonchev–Trinajstić information content (AvgIpc) is 2.50. The lowest BCUT2D eigenvalue weighted by molar-refractivity contribution is 0.721. The Labute approximate surface area is 139 Å². The topological polar surface area (TPSA) is 24.1 Å². The molecule has 3 heteroatoms. The van der Waals surface area contributed by atoms with E-state index < -0.39 is 0 Å². The van der Waals surface area contributed by atoms with Crippen LogP contribution in [0.4, 0.5) is 5.69 Å². The number of hydrogen-bond donors (Lipinski definition) is 2. The van der Waals surface area contributed by atoms with Crippen molar-refractivity contribution < 1.29 is 0 Å². The minimum atomic E-state index is 0.175. The molecule has 0 aliphatic heterocycles. The maximum Gasteiger partial charge on any atom is 0.171 e. The maximum absolute atomic E-state index is 5.41. The van der Waals surface area contributed by atoms with Crippen LogP contribution in [0.3, 0.4) is 0 Å². The van der Waals surface area contributed by atoms with Gasteiger partial charge in [-0.1, -0.05) is 37.3 Å². The summed E-state index contributed by atoms with van der Waals surface area (Å²) in [5.74, 6) is 0. The number of hydrogen-bond acceptors (Lipinski definition) is 1. The van der Waals surface area contributed by atoms with Gasteiger partial charge in [0.2, 0.25) is 0 Å². The van der Waals surface area contributed by atoms with Crippen molar-refractivity contribution in [3.05, 3.63) is 64.7 Å². The van der Waals surface area contributed by atoms with Crippen molar-refractivity contribution in [2.75, 3.05) is 5.32 Å². The highest BCUT2D eigenvalue weighted by Gasteiger charge is 2.08. The molecule has 0 spiro atoms. The lowest BCUT2D eigenvalue weighted by Gasteiger charge is -2.18. The second kappa shape index (κ2) is 7.41. The number of nitrogens with one attached hydrogen (secondary N) is 2. The Morgan fingerprint density at radius 1 is 1.05 bits per heavy atom. The molecule has 0 fully saturated rings. The zero-order valence-corrected chi connectivity index (χ0v) is 14.6. The van der Waals surface area contributed by atoms with Crippen molar-refractivity contribution in [1.82, 2.24) is 5.32 Å². The Kier molecular flexibility index (Phi) is 5.56. The summed E-state index contributed by atoms with van der Waals surface area (Å²) in [6.07, 6.45) is 1.05. The van der Waals surface area contributed by atoms with Crippen molar-refractivity contribution in [2.24, 2.45) is 0 Å². The minimum absolute atomic E-state index is 0.175. The zero-order chi connectivity index (χ0) is 16.1. The van der Waals surface area contributed by atoms with E-state index >= 15 is 0 Å². The normalized spacial score (nSPS) is 11.8. The predicted molar refractivity (Wildman–Crippen MR) is 99.5 cm³/mol. The molecular formula is C19H24N2S. The third-order valence-corrected chi connectivity index (χ3v) is 4.22. The van der Waals surface area contributed by atoms with E-state index in [0.29, 0.717) is 5.11 Å². The van der Waals surface area contributed by atoms with Crippen LogP contribution >= 0.6 is 12.2 Å². The van der Waals surface area contributed by atoms with Crippen molar-refractivity contribution in [2.45, 2.75) is 40.2 Å². The van der Waals surface area contributed by atoms with E-state index in [4.69, 9.17) is 12.2 Å². The molecule has 0 heterocycles. The number of rotatable bonds is 4. The number of benzene rings is 2. The molecule has 2 aromatic rings. The summed E-state index contributed by atoms with van der Waals surface area (Å²) in [5.41, 5.74) is 6.20. The van der Waals surface area contributed by atoms with Crippen molar-refractivity contribution in [1.29, 1.82) is 0 Å². The quantitative estimate of drug-likeness (QED) is 0.784. The van der Waals surface area contributed by atoms with E-state index in [9.17, 15) is 0 Å². The van der Waals surface area contributed by atoms with Gasteiger partial charge in [-0.25, -0.2) is 0 Å². The molecule has 2 aromatic carbocycles. The van der Waals surface area contributed by atoms with E-state index in [1.54, 1.807) is 0 Å². The van der Waals surface area contributed by atoms with Gasteiger partial charge in [-0.2, -0.15) is 0 Å². The lowest BCUT2D eigenvalue weighted by Crippen LogP contribution is -2.30. The van der Waals surface area contributed by atoms with Crippen LogP contribution in [-0.2, 0) is 6.42 Å². The second-order valence-corrected chi connectivity index (χ2v) is 6.12. The van der Waals surface area contributed by atoms with Gasteiger partial charge in [0.15, 0.2) is 5.11 Å². The third kappa shape index (κ3) is 4.31. The Morgan fingerprint density at radius 3 is 2.32 bits per heavy atom. The smallest absolute Gasteiger partial charge is 0.171 e. The zero-order valence-electron chi connectivity index (χ0n) is 13.7. The first-order valence-electron chi connectivity index (χ1n) is 7.73. The van der Waals surface area contributed by atoms with Gasteiger partial charge in [-0.15, -0.1) is 0 Å². The first-order chi connectivity index (χ1) is 10.5. The fourth-order valence-electron chi connectivity index (χ4n) is 2.30. The summed E-state index contributed by atoms with van der Waals surface area (Å²) >= 11 is 5.41. The minimum Gasteiger partial charge on any atom is -0.356 e.